The van der Waals surface area contributed by atoms with Gasteiger partial charge in [0.05, 0.1) is 4.90 Å². The fraction of sp³-hybridized carbons (Fsp3) is 0.250. The van der Waals surface area contributed by atoms with Gasteiger partial charge in [-0.3, -0.25) is 4.55 Å². The highest BCUT2D eigenvalue weighted by Gasteiger charge is 2.13. The first-order chi connectivity index (χ1) is 5.95. The maximum absolute atomic E-state index is 10.9. The van der Waals surface area contributed by atoms with Gasteiger partial charge >= 0.3 is 0 Å². The predicted octanol–water partition coefficient (Wildman–Crippen LogP) is 2.68. The molecule has 0 unspecified atom stereocenters. The van der Waals surface area contributed by atoms with Crippen LogP contribution in [0.1, 0.15) is 12.5 Å². The molecule has 0 radical (unpaired) electrons. The summed E-state index contributed by atoms with van der Waals surface area (Å²) in [6.07, 6.45) is 0.564. The summed E-state index contributed by atoms with van der Waals surface area (Å²) >= 11 is 3.23. The molecule has 80 valence electrons. The summed E-state index contributed by atoms with van der Waals surface area (Å²) < 4.78 is 31.4. The van der Waals surface area contributed by atoms with Crippen molar-refractivity contribution in [3.05, 3.63) is 28.2 Å². The fourth-order valence-corrected chi connectivity index (χ4v) is 2.26. The van der Waals surface area contributed by atoms with Crippen LogP contribution in [0.15, 0.2) is 27.6 Å². The SMILES string of the molecule is CCc1cc(Br)ccc1S(=O)(=O)O.Cl. The van der Waals surface area contributed by atoms with Crippen LogP contribution in [0, 0.1) is 0 Å². The van der Waals surface area contributed by atoms with Crippen molar-refractivity contribution in [3.8, 4) is 0 Å². The Morgan fingerprint density at radius 3 is 2.43 bits per heavy atom. The van der Waals surface area contributed by atoms with E-state index in [0.717, 1.165) is 4.47 Å². The number of hydrogen-bond donors (Lipinski definition) is 1. The van der Waals surface area contributed by atoms with Crippen molar-refractivity contribution in [1.29, 1.82) is 0 Å². The lowest BCUT2D eigenvalue weighted by molar-refractivity contribution is 0.482. The Hall–Kier alpha value is -0.100. The average molecular weight is 302 g/mol. The van der Waals surface area contributed by atoms with E-state index in [1.165, 1.54) is 6.07 Å². The quantitative estimate of drug-likeness (QED) is 0.855. The third-order valence-electron chi connectivity index (χ3n) is 1.68. The Morgan fingerprint density at radius 1 is 1.43 bits per heavy atom. The minimum absolute atomic E-state index is 0. The molecule has 0 saturated carbocycles. The number of hydrogen-bond acceptors (Lipinski definition) is 2. The zero-order chi connectivity index (χ0) is 10.1. The van der Waals surface area contributed by atoms with Crippen molar-refractivity contribution >= 4 is 38.5 Å². The van der Waals surface area contributed by atoms with Gasteiger partial charge in [0.2, 0.25) is 0 Å². The number of aryl methyl sites for hydroxylation is 1. The van der Waals surface area contributed by atoms with Crippen LogP contribution in [-0.2, 0) is 16.5 Å². The van der Waals surface area contributed by atoms with Crippen LogP contribution in [-0.4, -0.2) is 13.0 Å². The Kier molecular flexibility index (Phi) is 5.08. The molecule has 0 amide bonds. The van der Waals surface area contributed by atoms with E-state index in [2.05, 4.69) is 15.9 Å². The summed E-state index contributed by atoms with van der Waals surface area (Å²) in [7, 11) is -4.08. The molecule has 0 fully saturated rings. The molecule has 0 bridgehead atoms. The molecule has 0 heterocycles. The van der Waals surface area contributed by atoms with E-state index in [9.17, 15) is 8.42 Å². The first-order valence-electron chi connectivity index (χ1n) is 3.71. The molecule has 1 rings (SSSR count). The highest BCUT2D eigenvalue weighted by Crippen LogP contribution is 2.20. The lowest BCUT2D eigenvalue weighted by Gasteiger charge is -2.04. The third-order valence-corrected chi connectivity index (χ3v) is 3.13. The van der Waals surface area contributed by atoms with Crippen LogP contribution in [0.5, 0.6) is 0 Å². The molecule has 0 aliphatic carbocycles. The first kappa shape index (κ1) is 13.9. The van der Waals surface area contributed by atoms with Gasteiger partial charge in [-0.25, -0.2) is 0 Å². The molecule has 1 aromatic carbocycles. The van der Waals surface area contributed by atoms with Gasteiger partial charge in [0.15, 0.2) is 0 Å². The lowest BCUT2D eigenvalue weighted by Crippen LogP contribution is -2.02. The Bertz CT molecular complexity index is 417. The van der Waals surface area contributed by atoms with Crippen LogP contribution < -0.4 is 0 Å². The summed E-state index contributed by atoms with van der Waals surface area (Å²) in [6.45, 7) is 1.83. The highest BCUT2D eigenvalue weighted by molar-refractivity contribution is 9.10. The maximum Gasteiger partial charge on any atom is 0.294 e. The molecule has 0 saturated heterocycles. The second kappa shape index (κ2) is 5.11. The summed E-state index contributed by atoms with van der Waals surface area (Å²) in [5, 5.41) is 0. The van der Waals surface area contributed by atoms with E-state index in [1.54, 1.807) is 12.1 Å². The molecule has 0 aliphatic rings. The van der Waals surface area contributed by atoms with Crippen molar-refractivity contribution in [2.45, 2.75) is 18.2 Å². The largest absolute Gasteiger partial charge is 0.294 e. The molecular weight excluding hydrogens is 292 g/mol. The average Bonchev–Trinajstić information content (AvgIpc) is 2.01. The lowest BCUT2D eigenvalue weighted by atomic mass is 10.2. The van der Waals surface area contributed by atoms with Gasteiger partial charge in [-0.05, 0) is 30.2 Å². The summed E-state index contributed by atoms with van der Waals surface area (Å²) in [6, 6.07) is 4.66. The number of benzene rings is 1. The second-order valence-corrected chi connectivity index (χ2v) is 4.89. The van der Waals surface area contributed by atoms with Gasteiger partial charge in [0.25, 0.3) is 10.1 Å². The zero-order valence-corrected chi connectivity index (χ0v) is 10.6. The van der Waals surface area contributed by atoms with Crippen molar-refractivity contribution in [2.24, 2.45) is 0 Å². The monoisotopic (exact) mass is 300 g/mol. The van der Waals surface area contributed by atoms with Crippen molar-refractivity contribution in [1.82, 2.24) is 0 Å². The Labute approximate surface area is 97.8 Å². The summed E-state index contributed by atoms with van der Waals surface area (Å²) in [5.74, 6) is 0. The third kappa shape index (κ3) is 3.24. The van der Waals surface area contributed by atoms with E-state index >= 15 is 0 Å². The Morgan fingerprint density at radius 2 is 2.00 bits per heavy atom. The van der Waals surface area contributed by atoms with Crippen LogP contribution >= 0.6 is 28.3 Å². The fourth-order valence-electron chi connectivity index (χ4n) is 1.08. The van der Waals surface area contributed by atoms with Crippen LogP contribution in [0.25, 0.3) is 0 Å². The topological polar surface area (TPSA) is 54.4 Å². The van der Waals surface area contributed by atoms with Gasteiger partial charge < -0.3 is 0 Å². The molecule has 1 N–H and O–H groups in total. The molecule has 0 aliphatic heterocycles. The van der Waals surface area contributed by atoms with Crippen LogP contribution in [0.2, 0.25) is 0 Å². The van der Waals surface area contributed by atoms with Gasteiger partial charge in [0.1, 0.15) is 0 Å². The normalized spacial score (nSPS) is 10.8. The molecule has 0 spiro atoms. The van der Waals surface area contributed by atoms with E-state index in [-0.39, 0.29) is 17.3 Å². The first-order valence-corrected chi connectivity index (χ1v) is 5.94. The highest BCUT2D eigenvalue weighted by atomic mass is 79.9. The minimum atomic E-state index is -4.08. The summed E-state index contributed by atoms with van der Waals surface area (Å²) in [4.78, 5) is -0.0156. The molecule has 0 atom stereocenters. The van der Waals surface area contributed by atoms with Crippen LogP contribution in [0.3, 0.4) is 0 Å². The molecule has 14 heavy (non-hydrogen) atoms. The standard InChI is InChI=1S/C8H9BrO3S.ClH/c1-2-6-5-7(9)3-4-8(6)13(10,11)12;/h3-5H,2H2,1H3,(H,10,11,12);1H. The summed E-state index contributed by atoms with van der Waals surface area (Å²) in [5.41, 5.74) is 0.608. The van der Waals surface area contributed by atoms with Crippen molar-refractivity contribution in [3.63, 3.8) is 0 Å². The van der Waals surface area contributed by atoms with Crippen LogP contribution in [0.4, 0.5) is 0 Å². The molecule has 6 heteroatoms. The van der Waals surface area contributed by atoms with E-state index in [0.29, 0.717) is 12.0 Å². The van der Waals surface area contributed by atoms with E-state index in [4.69, 9.17) is 4.55 Å². The second-order valence-electron chi connectivity index (χ2n) is 2.58. The maximum atomic E-state index is 10.9. The van der Waals surface area contributed by atoms with Gasteiger partial charge in [0, 0.05) is 4.47 Å². The Balaban J connectivity index is 0.00000169. The van der Waals surface area contributed by atoms with E-state index in [1.807, 2.05) is 6.92 Å². The van der Waals surface area contributed by atoms with Gasteiger partial charge in [-0.2, -0.15) is 8.42 Å². The zero-order valence-electron chi connectivity index (χ0n) is 7.40. The number of halogens is 2. The predicted molar refractivity (Wildman–Crippen MR) is 60.6 cm³/mol. The molecule has 1 aromatic rings. The smallest absolute Gasteiger partial charge is 0.282 e. The number of rotatable bonds is 2. The molecule has 0 aromatic heterocycles. The van der Waals surface area contributed by atoms with Gasteiger partial charge in [-0.1, -0.05) is 22.9 Å². The molecule has 3 nitrogen and oxygen atoms in total. The molecular formula is C8H10BrClO3S. The van der Waals surface area contributed by atoms with E-state index < -0.39 is 10.1 Å². The minimum Gasteiger partial charge on any atom is -0.282 e. The van der Waals surface area contributed by atoms with Crippen molar-refractivity contribution < 1.29 is 13.0 Å². The van der Waals surface area contributed by atoms with Crippen molar-refractivity contribution in [2.75, 3.05) is 0 Å². The van der Waals surface area contributed by atoms with Gasteiger partial charge in [-0.15, -0.1) is 12.4 Å².